The normalized spacial score (nSPS) is 14.6. The van der Waals surface area contributed by atoms with Gasteiger partial charge in [-0.1, -0.05) is 12.1 Å². The quantitative estimate of drug-likeness (QED) is 0.733. The van der Waals surface area contributed by atoms with Gasteiger partial charge in [0, 0.05) is 31.0 Å². The maximum atomic E-state index is 12.5. The number of nitrogens with zero attached hydrogens (tertiary/aromatic N) is 3. The zero-order valence-electron chi connectivity index (χ0n) is 13.8. The SMILES string of the molecule is O=C(c1cccc(OCc2cn3ccccc3n2)c1)N1CCOCC1. The molecule has 0 N–H and O–H groups in total. The maximum absolute atomic E-state index is 12.5. The van der Waals surface area contributed by atoms with Gasteiger partial charge in [-0.05, 0) is 30.3 Å². The van der Waals surface area contributed by atoms with Crippen molar-refractivity contribution in [2.45, 2.75) is 6.61 Å². The first-order valence-electron chi connectivity index (χ1n) is 8.32. The lowest BCUT2D eigenvalue weighted by atomic mass is 10.2. The smallest absolute Gasteiger partial charge is 0.254 e. The van der Waals surface area contributed by atoms with Gasteiger partial charge >= 0.3 is 0 Å². The number of hydrogen-bond donors (Lipinski definition) is 0. The van der Waals surface area contributed by atoms with Crippen molar-refractivity contribution < 1.29 is 14.3 Å². The third kappa shape index (κ3) is 3.49. The van der Waals surface area contributed by atoms with Gasteiger partial charge in [0.15, 0.2) is 0 Å². The van der Waals surface area contributed by atoms with Crippen molar-refractivity contribution in [3.05, 3.63) is 66.1 Å². The molecule has 6 heteroatoms. The third-order valence-corrected chi connectivity index (χ3v) is 4.18. The molecule has 0 bridgehead atoms. The Kier molecular flexibility index (Phi) is 4.35. The maximum Gasteiger partial charge on any atom is 0.254 e. The number of aromatic nitrogens is 2. The zero-order valence-corrected chi connectivity index (χ0v) is 13.8. The lowest BCUT2D eigenvalue weighted by molar-refractivity contribution is 0.0302. The van der Waals surface area contributed by atoms with Crippen LogP contribution in [0.4, 0.5) is 0 Å². The summed E-state index contributed by atoms with van der Waals surface area (Å²) in [7, 11) is 0. The van der Waals surface area contributed by atoms with Crippen LogP contribution in [0.1, 0.15) is 16.1 Å². The molecule has 1 aliphatic rings. The number of carbonyl (C=O) groups excluding carboxylic acids is 1. The molecule has 128 valence electrons. The van der Waals surface area contributed by atoms with Crippen molar-refractivity contribution >= 4 is 11.6 Å². The minimum absolute atomic E-state index is 0.0153. The van der Waals surface area contributed by atoms with E-state index in [-0.39, 0.29) is 5.91 Å². The van der Waals surface area contributed by atoms with E-state index in [1.165, 1.54) is 0 Å². The van der Waals surface area contributed by atoms with E-state index in [4.69, 9.17) is 9.47 Å². The average Bonchev–Trinajstić information content (AvgIpc) is 3.10. The van der Waals surface area contributed by atoms with E-state index in [0.717, 1.165) is 11.3 Å². The zero-order chi connectivity index (χ0) is 17.1. The number of ether oxygens (including phenoxy) is 2. The van der Waals surface area contributed by atoms with Crippen LogP contribution in [0.5, 0.6) is 5.75 Å². The molecule has 0 spiro atoms. The van der Waals surface area contributed by atoms with Crippen molar-refractivity contribution in [2.75, 3.05) is 26.3 Å². The average molecular weight is 337 g/mol. The number of fused-ring (bicyclic) bond motifs is 1. The Hall–Kier alpha value is -2.86. The van der Waals surface area contributed by atoms with Crippen LogP contribution in [0.15, 0.2) is 54.9 Å². The van der Waals surface area contributed by atoms with Crippen LogP contribution in [0.3, 0.4) is 0 Å². The second-order valence-corrected chi connectivity index (χ2v) is 5.92. The first-order valence-corrected chi connectivity index (χ1v) is 8.32. The molecule has 3 heterocycles. The fourth-order valence-corrected chi connectivity index (χ4v) is 2.88. The van der Waals surface area contributed by atoms with E-state index in [1.54, 1.807) is 6.07 Å². The van der Waals surface area contributed by atoms with Crippen LogP contribution in [0.2, 0.25) is 0 Å². The van der Waals surface area contributed by atoms with E-state index < -0.39 is 0 Å². The highest BCUT2D eigenvalue weighted by atomic mass is 16.5. The van der Waals surface area contributed by atoms with Gasteiger partial charge in [0.05, 0.1) is 18.9 Å². The molecule has 6 nitrogen and oxygen atoms in total. The van der Waals surface area contributed by atoms with Crippen molar-refractivity contribution in [1.82, 2.24) is 14.3 Å². The van der Waals surface area contributed by atoms with E-state index in [2.05, 4.69) is 4.98 Å². The lowest BCUT2D eigenvalue weighted by Crippen LogP contribution is -2.40. The van der Waals surface area contributed by atoms with Gasteiger partial charge in [-0.2, -0.15) is 0 Å². The second kappa shape index (κ2) is 6.94. The molecule has 1 fully saturated rings. The number of pyridine rings is 1. The summed E-state index contributed by atoms with van der Waals surface area (Å²) in [6.07, 6.45) is 3.89. The molecular formula is C19H19N3O3. The Bertz CT molecular complexity index is 851. The number of carbonyl (C=O) groups is 1. The molecule has 2 aromatic heterocycles. The molecule has 3 aromatic rings. The number of hydrogen-bond acceptors (Lipinski definition) is 4. The highest BCUT2D eigenvalue weighted by Crippen LogP contribution is 2.17. The third-order valence-electron chi connectivity index (χ3n) is 4.18. The second-order valence-electron chi connectivity index (χ2n) is 5.92. The summed E-state index contributed by atoms with van der Waals surface area (Å²) in [5.41, 5.74) is 2.36. The van der Waals surface area contributed by atoms with Gasteiger partial charge in [0.25, 0.3) is 5.91 Å². The summed E-state index contributed by atoms with van der Waals surface area (Å²) >= 11 is 0. The van der Waals surface area contributed by atoms with E-state index >= 15 is 0 Å². The Morgan fingerprint density at radius 1 is 1.16 bits per heavy atom. The predicted octanol–water partition coefficient (Wildman–Crippen LogP) is 2.39. The molecule has 1 saturated heterocycles. The molecule has 4 rings (SSSR count). The summed E-state index contributed by atoms with van der Waals surface area (Å²) in [5.74, 6) is 0.678. The van der Waals surface area contributed by atoms with Gasteiger partial charge in [0.2, 0.25) is 0 Å². The molecular weight excluding hydrogens is 318 g/mol. The standard InChI is InChI=1S/C19H19N3O3/c23-19(21-8-10-24-11-9-21)15-4-3-5-17(12-15)25-14-16-13-22-7-2-1-6-18(22)20-16/h1-7,12-13H,8-11,14H2. The van der Waals surface area contributed by atoms with Gasteiger partial charge in [-0.3, -0.25) is 4.79 Å². The van der Waals surface area contributed by atoms with Crippen LogP contribution >= 0.6 is 0 Å². The minimum atomic E-state index is 0.0153. The summed E-state index contributed by atoms with van der Waals surface area (Å²) in [6.45, 7) is 2.80. The number of rotatable bonds is 4. The molecule has 0 unspecified atom stereocenters. The highest BCUT2D eigenvalue weighted by Gasteiger charge is 2.18. The molecule has 25 heavy (non-hydrogen) atoms. The minimum Gasteiger partial charge on any atom is -0.487 e. The topological polar surface area (TPSA) is 56.1 Å². The van der Waals surface area contributed by atoms with Crippen molar-refractivity contribution in [1.29, 1.82) is 0 Å². The number of imidazole rings is 1. The van der Waals surface area contributed by atoms with Crippen LogP contribution in [-0.2, 0) is 11.3 Å². The Morgan fingerprint density at radius 2 is 2.04 bits per heavy atom. The molecule has 1 aliphatic heterocycles. The van der Waals surface area contributed by atoms with Crippen LogP contribution in [0, 0.1) is 0 Å². The predicted molar refractivity (Wildman–Crippen MR) is 92.7 cm³/mol. The van der Waals surface area contributed by atoms with Crippen LogP contribution < -0.4 is 4.74 Å². The Morgan fingerprint density at radius 3 is 2.88 bits per heavy atom. The largest absolute Gasteiger partial charge is 0.487 e. The monoisotopic (exact) mass is 337 g/mol. The summed E-state index contributed by atoms with van der Waals surface area (Å²) < 4.78 is 13.1. The first kappa shape index (κ1) is 15.7. The molecule has 0 saturated carbocycles. The lowest BCUT2D eigenvalue weighted by Gasteiger charge is -2.26. The van der Waals surface area contributed by atoms with Crippen LogP contribution in [-0.4, -0.2) is 46.5 Å². The fraction of sp³-hybridized carbons (Fsp3) is 0.263. The van der Waals surface area contributed by atoms with Crippen molar-refractivity contribution in [3.63, 3.8) is 0 Å². The summed E-state index contributed by atoms with van der Waals surface area (Å²) in [6, 6.07) is 13.2. The Balaban J connectivity index is 1.44. The Labute approximate surface area is 145 Å². The van der Waals surface area contributed by atoms with Gasteiger partial charge in [-0.15, -0.1) is 0 Å². The number of morpholine rings is 1. The molecule has 1 amide bonds. The van der Waals surface area contributed by atoms with Gasteiger partial charge in [-0.25, -0.2) is 4.98 Å². The van der Waals surface area contributed by atoms with Gasteiger partial charge < -0.3 is 18.8 Å². The van der Waals surface area contributed by atoms with Crippen molar-refractivity contribution in [2.24, 2.45) is 0 Å². The van der Waals surface area contributed by atoms with E-state index in [0.29, 0.717) is 44.2 Å². The molecule has 0 atom stereocenters. The molecule has 1 aromatic carbocycles. The highest BCUT2D eigenvalue weighted by molar-refractivity contribution is 5.94. The molecule has 0 radical (unpaired) electrons. The van der Waals surface area contributed by atoms with E-state index in [1.807, 2.05) is 58.1 Å². The first-order chi connectivity index (χ1) is 12.3. The number of amides is 1. The fourth-order valence-electron chi connectivity index (χ4n) is 2.88. The summed E-state index contributed by atoms with van der Waals surface area (Å²) in [4.78, 5) is 18.9. The van der Waals surface area contributed by atoms with Crippen LogP contribution in [0.25, 0.3) is 5.65 Å². The van der Waals surface area contributed by atoms with E-state index in [9.17, 15) is 4.79 Å². The van der Waals surface area contributed by atoms with Crippen molar-refractivity contribution in [3.8, 4) is 5.75 Å². The van der Waals surface area contributed by atoms with Gasteiger partial charge in [0.1, 0.15) is 18.0 Å². The molecule has 0 aliphatic carbocycles. The number of benzene rings is 1. The summed E-state index contributed by atoms with van der Waals surface area (Å²) in [5, 5.41) is 0.